The second-order valence-electron chi connectivity index (χ2n) is 8.82. The molecule has 0 unspecified atom stereocenters. The van der Waals surface area contributed by atoms with E-state index in [1.165, 1.54) is 12.1 Å². The van der Waals surface area contributed by atoms with Gasteiger partial charge in [-0.1, -0.05) is 32.9 Å². The average Bonchev–Trinajstić information content (AvgIpc) is 2.69. The monoisotopic (exact) mass is 401 g/mol. The molecule has 1 atom stereocenters. The molecule has 29 heavy (non-hydrogen) atoms. The van der Waals surface area contributed by atoms with Gasteiger partial charge in [0.2, 0.25) is 5.91 Å². The molecule has 156 valence electrons. The van der Waals surface area contributed by atoms with E-state index < -0.39 is 17.0 Å². The number of likely N-dealkylation sites (tertiary alicyclic amines) is 1. The molecule has 3 rings (SSSR count). The van der Waals surface area contributed by atoms with Gasteiger partial charge in [0, 0.05) is 18.2 Å². The highest BCUT2D eigenvalue weighted by Crippen LogP contribution is 2.31. The Balaban J connectivity index is 1.66. The first-order valence-electron chi connectivity index (χ1n) is 10.1. The molecule has 4 nitrogen and oxygen atoms in total. The minimum absolute atomic E-state index is 0.0115. The van der Waals surface area contributed by atoms with Crippen molar-refractivity contribution in [2.24, 2.45) is 11.3 Å². The Morgan fingerprint density at radius 1 is 1.17 bits per heavy atom. The highest BCUT2D eigenvalue weighted by Gasteiger charge is 2.32. The van der Waals surface area contributed by atoms with Gasteiger partial charge in [-0.25, -0.2) is 8.78 Å². The van der Waals surface area contributed by atoms with Gasteiger partial charge in [0.25, 0.3) is 0 Å². The predicted octanol–water partition coefficient (Wildman–Crippen LogP) is 4.48. The number of piperidine rings is 1. The molecule has 0 spiro atoms. The summed E-state index contributed by atoms with van der Waals surface area (Å²) in [7, 11) is 0. The molecule has 1 aromatic carbocycles. The van der Waals surface area contributed by atoms with Crippen LogP contribution < -0.4 is 5.32 Å². The van der Waals surface area contributed by atoms with Gasteiger partial charge < -0.3 is 5.32 Å². The van der Waals surface area contributed by atoms with Gasteiger partial charge in [-0.05, 0) is 61.7 Å². The van der Waals surface area contributed by atoms with Crippen molar-refractivity contribution in [1.82, 2.24) is 15.2 Å². The molecule has 1 N–H and O–H groups in total. The smallest absolute Gasteiger partial charge is 0.225 e. The fraction of sp³-hybridized carbons (Fsp3) is 0.478. The molecule has 1 saturated heterocycles. The largest absolute Gasteiger partial charge is 0.347 e. The summed E-state index contributed by atoms with van der Waals surface area (Å²) in [5.74, 6) is -1.34. The maximum absolute atomic E-state index is 13.5. The third-order valence-corrected chi connectivity index (χ3v) is 5.47. The van der Waals surface area contributed by atoms with E-state index in [1.807, 2.05) is 39.0 Å². The summed E-state index contributed by atoms with van der Waals surface area (Å²) < 4.78 is 26.6. The van der Waals surface area contributed by atoms with Crippen LogP contribution in [0.5, 0.6) is 0 Å². The van der Waals surface area contributed by atoms with E-state index in [1.54, 1.807) is 12.3 Å². The summed E-state index contributed by atoms with van der Waals surface area (Å²) in [6.07, 6.45) is 3.55. The number of carbonyl (C=O) groups is 1. The molecular weight excluding hydrogens is 372 g/mol. The van der Waals surface area contributed by atoms with E-state index in [4.69, 9.17) is 0 Å². The topological polar surface area (TPSA) is 45.2 Å². The minimum Gasteiger partial charge on any atom is -0.347 e. The van der Waals surface area contributed by atoms with Crippen LogP contribution in [0.1, 0.15) is 50.9 Å². The first-order valence-corrected chi connectivity index (χ1v) is 10.1. The van der Waals surface area contributed by atoms with Crippen molar-refractivity contribution >= 4 is 5.91 Å². The van der Waals surface area contributed by atoms with E-state index in [-0.39, 0.29) is 17.9 Å². The molecule has 1 aliphatic rings. The average molecular weight is 402 g/mol. The lowest BCUT2D eigenvalue weighted by Crippen LogP contribution is -2.44. The van der Waals surface area contributed by atoms with Crippen molar-refractivity contribution in [3.05, 3.63) is 65.5 Å². The SMILES string of the molecule is CC(C)(C)C(=O)N[C@@H](c1ccccn1)C1CCN(Cc2ccc(F)c(F)c2)CC1. The number of hydrogen-bond donors (Lipinski definition) is 1. The maximum atomic E-state index is 13.5. The van der Waals surface area contributed by atoms with Crippen LogP contribution in [0, 0.1) is 23.0 Å². The van der Waals surface area contributed by atoms with E-state index in [0.29, 0.717) is 6.54 Å². The number of nitrogens with one attached hydrogen (secondary N) is 1. The Morgan fingerprint density at radius 2 is 1.90 bits per heavy atom. The molecule has 2 aromatic rings. The lowest BCUT2D eigenvalue weighted by atomic mass is 9.85. The molecule has 2 heterocycles. The van der Waals surface area contributed by atoms with E-state index >= 15 is 0 Å². The van der Waals surface area contributed by atoms with Crippen molar-refractivity contribution in [2.45, 2.75) is 46.2 Å². The summed E-state index contributed by atoms with van der Waals surface area (Å²) >= 11 is 0. The minimum atomic E-state index is -0.819. The Bertz CT molecular complexity index is 828. The van der Waals surface area contributed by atoms with Gasteiger partial charge in [0.15, 0.2) is 11.6 Å². The number of amides is 1. The Labute approximate surface area is 171 Å². The van der Waals surface area contributed by atoms with Crippen LogP contribution in [-0.4, -0.2) is 28.9 Å². The van der Waals surface area contributed by atoms with Gasteiger partial charge in [-0.3, -0.25) is 14.7 Å². The van der Waals surface area contributed by atoms with Crippen molar-refractivity contribution in [3.63, 3.8) is 0 Å². The second-order valence-corrected chi connectivity index (χ2v) is 8.82. The molecular formula is C23H29F2N3O. The van der Waals surface area contributed by atoms with Gasteiger partial charge in [-0.2, -0.15) is 0 Å². The number of carbonyl (C=O) groups excluding carboxylic acids is 1. The molecule has 1 fully saturated rings. The van der Waals surface area contributed by atoms with Crippen molar-refractivity contribution in [3.8, 4) is 0 Å². The fourth-order valence-corrected chi connectivity index (χ4v) is 3.69. The van der Waals surface area contributed by atoms with Crippen LogP contribution >= 0.6 is 0 Å². The summed E-state index contributed by atoms with van der Waals surface area (Å²) in [6, 6.07) is 9.71. The molecule has 1 aromatic heterocycles. The zero-order valence-electron chi connectivity index (χ0n) is 17.3. The second kappa shape index (κ2) is 8.99. The zero-order chi connectivity index (χ0) is 21.0. The summed E-state index contributed by atoms with van der Waals surface area (Å²) in [6.45, 7) is 7.97. The quantitative estimate of drug-likeness (QED) is 0.804. The lowest BCUT2D eigenvalue weighted by molar-refractivity contribution is -0.129. The number of pyridine rings is 1. The number of benzene rings is 1. The third-order valence-electron chi connectivity index (χ3n) is 5.47. The first-order chi connectivity index (χ1) is 13.7. The molecule has 0 radical (unpaired) electrons. The van der Waals surface area contributed by atoms with Crippen molar-refractivity contribution < 1.29 is 13.6 Å². The van der Waals surface area contributed by atoms with E-state index in [0.717, 1.165) is 37.2 Å². The number of nitrogens with zero attached hydrogens (tertiary/aromatic N) is 2. The van der Waals surface area contributed by atoms with E-state index in [9.17, 15) is 13.6 Å². The summed E-state index contributed by atoms with van der Waals surface area (Å²) in [4.78, 5) is 19.4. The fourth-order valence-electron chi connectivity index (χ4n) is 3.69. The van der Waals surface area contributed by atoms with Crippen molar-refractivity contribution in [2.75, 3.05) is 13.1 Å². The molecule has 0 saturated carbocycles. The molecule has 0 bridgehead atoms. The van der Waals surface area contributed by atoms with Gasteiger partial charge in [-0.15, -0.1) is 0 Å². The first kappa shape index (κ1) is 21.4. The van der Waals surface area contributed by atoms with Gasteiger partial charge in [0.1, 0.15) is 0 Å². The number of aromatic nitrogens is 1. The Hall–Kier alpha value is -2.34. The van der Waals surface area contributed by atoms with Gasteiger partial charge >= 0.3 is 0 Å². The van der Waals surface area contributed by atoms with Crippen LogP contribution in [0.2, 0.25) is 0 Å². The Morgan fingerprint density at radius 3 is 2.48 bits per heavy atom. The molecule has 1 aliphatic heterocycles. The standard InChI is InChI=1S/C23H29F2N3O/c1-23(2,3)22(29)27-21(20-6-4-5-11-26-20)17-9-12-28(13-10-17)15-16-7-8-18(24)19(25)14-16/h4-8,11,14,17,21H,9-10,12-13,15H2,1-3H3,(H,27,29)/t21-/m1/s1. The Kier molecular flexibility index (Phi) is 6.63. The molecule has 1 amide bonds. The lowest BCUT2D eigenvalue weighted by Gasteiger charge is -2.37. The molecule has 0 aliphatic carbocycles. The number of halogens is 2. The van der Waals surface area contributed by atoms with Crippen LogP contribution in [0.4, 0.5) is 8.78 Å². The van der Waals surface area contributed by atoms with Crippen LogP contribution in [-0.2, 0) is 11.3 Å². The van der Waals surface area contributed by atoms with Crippen LogP contribution in [0.3, 0.4) is 0 Å². The molecule has 6 heteroatoms. The third kappa shape index (κ3) is 5.60. The number of hydrogen-bond acceptors (Lipinski definition) is 3. The normalized spacial score (nSPS) is 17.1. The zero-order valence-corrected chi connectivity index (χ0v) is 17.3. The predicted molar refractivity (Wildman–Crippen MR) is 109 cm³/mol. The summed E-state index contributed by atoms with van der Waals surface area (Å²) in [5, 5.41) is 3.21. The van der Waals surface area contributed by atoms with Crippen LogP contribution in [0.15, 0.2) is 42.6 Å². The van der Waals surface area contributed by atoms with Gasteiger partial charge in [0.05, 0.1) is 11.7 Å². The van der Waals surface area contributed by atoms with Crippen LogP contribution in [0.25, 0.3) is 0 Å². The van der Waals surface area contributed by atoms with E-state index in [2.05, 4.69) is 15.2 Å². The van der Waals surface area contributed by atoms with Crippen molar-refractivity contribution in [1.29, 1.82) is 0 Å². The number of rotatable bonds is 5. The highest BCUT2D eigenvalue weighted by atomic mass is 19.2. The maximum Gasteiger partial charge on any atom is 0.225 e. The summed E-state index contributed by atoms with van der Waals surface area (Å²) in [5.41, 5.74) is 1.18. The highest BCUT2D eigenvalue weighted by molar-refractivity contribution is 5.81.